The smallest absolute Gasteiger partial charge is 0.306 e. The van der Waals surface area contributed by atoms with Crippen molar-refractivity contribution in [3.63, 3.8) is 0 Å². The Bertz CT molecular complexity index is 1200. The number of hydrogen-bond donors (Lipinski definition) is 0. The van der Waals surface area contributed by atoms with E-state index in [4.69, 9.17) is 9.15 Å². The van der Waals surface area contributed by atoms with Gasteiger partial charge in [-0.05, 0) is 69.5 Å². The van der Waals surface area contributed by atoms with Gasteiger partial charge in [-0.1, -0.05) is 18.2 Å². The Morgan fingerprint density at radius 2 is 1.88 bits per heavy atom. The van der Waals surface area contributed by atoms with Gasteiger partial charge in [-0.2, -0.15) is 0 Å². The second-order valence-electron chi connectivity index (χ2n) is 9.46. The van der Waals surface area contributed by atoms with Crippen LogP contribution in [0.4, 0.5) is 5.69 Å². The summed E-state index contributed by atoms with van der Waals surface area (Å²) in [6.07, 6.45) is 1.51. The normalized spacial score (nSPS) is 13.2. The number of nitrogens with zero attached hydrogens (tertiary/aromatic N) is 2. The first-order chi connectivity index (χ1) is 15.6. The molecule has 6 heteroatoms. The molecule has 0 saturated heterocycles. The van der Waals surface area contributed by atoms with Crippen LogP contribution in [0.15, 0.2) is 46.9 Å². The van der Waals surface area contributed by atoms with Crippen LogP contribution in [0.2, 0.25) is 0 Å². The van der Waals surface area contributed by atoms with E-state index in [0.717, 1.165) is 33.8 Å². The third kappa shape index (κ3) is 5.00. The fourth-order valence-corrected chi connectivity index (χ4v) is 4.19. The Hall–Kier alpha value is -3.41. The number of rotatable bonds is 4. The van der Waals surface area contributed by atoms with Gasteiger partial charge in [0.05, 0.1) is 11.4 Å². The van der Waals surface area contributed by atoms with Gasteiger partial charge in [0.15, 0.2) is 11.7 Å². The molecule has 1 aliphatic rings. The van der Waals surface area contributed by atoms with Gasteiger partial charge in [-0.25, -0.2) is 4.98 Å². The minimum Gasteiger partial charge on any atom is -0.460 e. The van der Waals surface area contributed by atoms with E-state index in [1.807, 2.05) is 77.1 Å². The molecule has 4 rings (SSSR count). The van der Waals surface area contributed by atoms with Gasteiger partial charge in [-0.15, -0.1) is 0 Å². The first-order valence-corrected chi connectivity index (χ1v) is 11.3. The number of aromatic nitrogens is 1. The first-order valence-electron chi connectivity index (χ1n) is 11.3. The zero-order valence-electron chi connectivity index (χ0n) is 19.9. The van der Waals surface area contributed by atoms with Crippen LogP contribution >= 0.6 is 0 Å². The van der Waals surface area contributed by atoms with E-state index in [0.29, 0.717) is 37.3 Å². The number of ether oxygens (including phenoxy) is 1. The summed E-state index contributed by atoms with van der Waals surface area (Å²) in [5.41, 5.74) is 4.73. The number of hydrogen-bond acceptors (Lipinski definition) is 5. The van der Waals surface area contributed by atoms with E-state index in [2.05, 4.69) is 4.98 Å². The van der Waals surface area contributed by atoms with Crippen LogP contribution in [0.5, 0.6) is 0 Å². The lowest BCUT2D eigenvalue weighted by molar-refractivity contribution is -0.154. The van der Waals surface area contributed by atoms with Gasteiger partial charge in [-0.3, -0.25) is 9.59 Å². The molecule has 0 aliphatic carbocycles. The lowest BCUT2D eigenvalue weighted by atomic mass is 10.00. The summed E-state index contributed by atoms with van der Waals surface area (Å²) in [6, 6.07) is 13.5. The number of anilines is 1. The quantitative estimate of drug-likeness (QED) is 0.499. The van der Waals surface area contributed by atoms with Crippen LogP contribution in [-0.2, 0) is 22.4 Å². The standard InChI is InChI=1S/C27H30N2O4/c1-17-16-20(11-10-19(17)12-13-24(30)33-27(3,4)5)26(31)29-15-14-22-25(32-18(2)28-22)21-8-6-7-9-23(21)29/h6-11,16H,12-15H2,1-5H3. The highest BCUT2D eigenvalue weighted by Gasteiger charge is 2.28. The van der Waals surface area contributed by atoms with Crippen molar-refractivity contribution in [3.8, 4) is 11.3 Å². The second-order valence-corrected chi connectivity index (χ2v) is 9.46. The molecule has 0 unspecified atom stereocenters. The molecule has 1 aliphatic heterocycles. The highest BCUT2D eigenvalue weighted by Crippen LogP contribution is 2.37. The average molecular weight is 447 g/mol. The van der Waals surface area contributed by atoms with E-state index >= 15 is 0 Å². The van der Waals surface area contributed by atoms with Crippen LogP contribution in [0, 0.1) is 13.8 Å². The summed E-state index contributed by atoms with van der Waals surface area (Å²) in [4.78, 5) is 31.9. The van der Waals surface area contributed by atoms with Crippen molar-refractivity contribution in [1.29, 1.82) is 0 Å². The molecule has 33 heavy (non-hydrogen) atoms. The third-order valence-corrected chi connectivity index (χ3v) is 5.67. The van der Waals surface area contributed by atoms with E-state index in [-0.39, 0.29) is 11.9 Å². The van der Waals surface area contributed by atoms with Crippen molar-refractivity contribution in [2.45, 2.75) is 59.5 Å². The van der Waals surface area contributed by atoms with Crippen LogP contribution in [0.25, 0.3) is 11.3 Å². The molecule has 0 bridgehead atoms. The number of fused-ring (bicyclic) bond motifs is 3. The van der Waals surface area contributed by atoms with Crippen LogP contribution < -0.4 is 4.90 Å². The molecule has 0 atom stereocenters. The number of amides is 1. The number of benzene rings is 2. The third-order valence-electron chi connectivity index (χ3n) is 5.67. The molecule has 2 heterocycles. The van der Waals surface area contributed by atoms with Gasteiger partial charge in [0.2, 0.25) is 0 Å². The van der Waals surface area contributed by atoms with E-state index in [1.165, 1.54) is 0 Å². The molecule has 1 aromatic heterocycles. The first kappa shape index (κ1) is 22.8. The monoisotopic (exact) mass is 446 g/mol. The molecule has 0 N–H and O–H groups in total. The highest BCUT2D eigenvalue weighted by molar-refractivity contribution is 6.08. The second kappa shape index (κ2) is 8.85. The molecular weight excluding hydrogens is 416 g/mol. The topological polar surface area (TPSA) is 72.6 Å². The SMILES string of the molecule is Cc1nc2c(o1)-c1ccccc1N(C(=O)c1ccc(CCC(=O)OC(C)(C)C)c(C)c1)CC2. The number of oxazole rings is 1. The van der Waals surface area contributed by atoms with Crippen LogP contribution in [0.3, 0.4) is 0 Å². The van der Waals surface area contributed by atoms with Crippen molar-refractivity contribution < 1.29 is 18.7 Å². The van der Waals surface area contributed by atoms with Crippen molar-refractivity contribution in [2.24, 2.45) is 0 Å². The van der Waals surface area contributed by atoms with Crippen molar-refractivity contribution in [2.75, 3.05) is 11.4 Å². The summed E-state index contributed by atoms with van der Waals surface area (Å²) in [5, 5.41) is 0. The summed E-state index contributed by atoms with van der Waals surface area (Å²) < 4.78 is 11.3. The van der Waals surface area contributed by atoms with Crippen LogP contribution in [0.1, 0.15) is 60.3 Å². The zero-order chi connectivity index (χ0) is 23.8. The predicted molar refractivity (Wildman–Crippen MR) is 127 cm³/mol. The number of esters is 1. The van der Waals surface area contributed by atoms with Gasteiger partial charge in [0, 0.05) is 37.4 Å². The fourth-order valence-electron chi connectivity index (χ4n) is 4.19. The maximum absolute atomic E-state index is 13.5. The maximum atomic E-state index is 13.5. The molecule has 172 valence electrons. The number of carbonyl (C=O) groups excluding carboxylic acids is 2. The van der Waals surface area contributed by atoms with Gasteiger partial charge in [0.25, 0.3) is 5.91 Å². The summed E-state index contributed by atoms with van der Waals surface area (Å²) in [5.74, 6) is 1.09. The van der Waals surface area contributed by atoms with Crippen LogP contribution in [-0.4, -0.2) is 29.0 Å². The highest BCUT2D eigenvalue weighted by atomic mass is 16.6. The molecule has 1 amide bonds. The summed E-state index contributed by atoms with van der Waals surface area (Å²) in [6.45, 7) is 9.92. The Morgan fingerprint density at radius 3 is 2.61 bits per heavy atom. The molecule has 2 aromatic carbocycles. The molecule has 0 saturated carbocycles. The maximum Gasteiger partial charge on any atom is 0.306 e. The van der Waals surface area contributed by atoms with Gasteiger partial charge in [0.1, 0.15) is 5.60 Å². The predicted octanol–water partition coefficient (Wildman–Crippen LogP) is 5.44. The summed E-state index contributed by atoms with van der Waals surface area (Å²) >= 11 is 0. The van der Waals surface area contributed by atoms with Crippen molar-refractivity contribution >= 4 is 17.6 Å². The lowest BCUT2D eigenvalue weighted by Gasteiger charge is -2.23. The molecule has 3 aromatic rings. The zero-order valence-corrected chi connectivity index (χ0v) is 19.9. The van der Waals surface area contributed by atoms with Gasteiger partial charge >= 0.3 is 5.97 Å². The molecule has 6 nitrogen and oxygen atoms in total. The van der Waals surface area contributed by atoms with E-state index in [9.17, 15) is 9.59 Å². The van der Waals surface area contributed by atoms with E-state index in [1.54, 1.807) is 4.90 Å². The molecule has 0 spiro atoms. The van der Waals surface area contributed by atoms with E-state index < -0.39 is 5.60 Å². The fraction of sp³-hybridized carbons (Fsp3) is 0.370. The molecular formula is C27H30N2O4. The minimum absolute atomic E-state index is 0.0638. The molecule has 0 fully saturated rings. The Balaban J connectivity index is 1.55. The number of para-hydroxylation sites is 1. The largest absolute Gasteiger partial charge is 0.460 e. The average Bonchev–Trinajstić information content (AvgIpc) is 3.05. The van der Waals surface area contributed by atoms with Gasteiger partial charge < -0.3 is 14.1 Å². The Morgan fingerprint density at radius 1 is 1.12 bits per heavy atom. The van der Waals surface area contributed by atoms with Crippen molar-refractivity contribution in [3.05, 3.63) is 70.7 Å². The summed E-state index contributed by atoms with van der Waals surface area (Å²) in [7, 11) is 0. The number of aryl methyl sites for hydroxylation is 3. The molecule has 0 radical (unpaired) electrons. The lowest BCUT2D eigenvalue weighted by Crippen LogP contribution is -2.32. The van der Waals surface area contributed by atoms with Crippen molar-refractivity contribution in [1.82, 2.24) is 4.98 Å². The Kier molecular flexibility index (Phi) is 6.11. The number of carbonyl (C=O) groups is 2. The minimum atomic E-state index is -0.490. The Labute approximate surface area is 194 Å².